The summed E-state index contributed by atoms with van der Waals surface area (Å²) in [5, 5.41) is 1.13. The van der Waals surface area contributed by atoms with Gasteiger partial charge in [0.25, 0.3) is 10.0 Å². The Morgan fingerprint density at radius 3 is 2.42 bits per heavy atom. The van der Waals surface area contributed by atoms with Gasteiger partial charge in [0.2, 0.25) is 5.91 Å². The van der Waals surface area contributed by atoms with Gasteiger partial charge in [0.05, 0.1) is 16.8 Å². The van der Waals surface area contributed by atoms with Crippen molar-refractivity contribution in [2.45, 2.75) is 12.8 Å². The normalized spacial score (nSPS) is 15.2. The molecule has 1 N–H and O–H groups in total. The van der Waals surface area contributed by atoms with Gasteiger partial charge >= 0.3 is 0 Å². The highest BCUT2D eigenvalue weighted by atomic mass is 32.2. The highest BCUT2D eigenvalue weighted by Crippen LogP contribution is 2.30. The van der Waals surface area contributed by atoms with E-state index in [1.165, 1.54) is 6.08 Å². The van der Waals surface area contributed by atoms with Gasteiger partial charge in [-0.1, -0.05) is 42.5 Å². The lowest BCUT2D eigenvalue weighted by molar-refractivity contribution is -0.117. The number of para-hydroxylation sites is 2. The second-order valence-electron chi connectivity index (χ2n) is 5.53. The molecule has 6 heteroatoms. The van der Waals surface area contributed by atoms with Gasteiger partial charge in [-0.15, -0.1) is 0 Å². The van der Waals surface area contributed by atoms with Crippen LogP contribution >= 0.6 is 0 Å². The molecule has 1 heterocycles. The van der Waals surface area contributed by atoms with Crippen LogP contribution in [0, 0.1) is 0 Å². The van der Waals surface area contributed by atoms with Crippen molar-refractivity contribution in [3.63, 3.8) is 0 Å². The fraction of sp³-hybridized carbons (Fsp3) is 0.167. The first-order valence-corrected chi connectivity index (χ1v) is 9.25. The van der Waals surface area contributed by atoms with Crippen LogP contribution in [0.3, 0.4) is 0 Å². The molecule has 2 aromatic rings. The monoisotopic (exact) mass is 342 g/mol. The number of anilines is 2. The molecule has 0 bridgehead atoms. The van der Waals surface area contributed by atoms with Crippen LogP contribution in [-0.2, 0) is 14.8 Å². The molecule has 0 spiro atoms. The zero-order chi connectivity index (χ0) is 17.0. The number of carbonyl (C=O) groups excluding carboxylic acids is 1. The SMILES string of the molecule is O=C1CCCN1c1ccccc1NS(=O)(=O)/C=C/c1ccccc1. The molecule has 3 rings (SSSR count). The van der Waals surface area contributed by atoms with Crippen molar-refractivity contribution >= 4 is 33.4 Å². The van der Waals surface area contributed by atoms with E-state index >= 15 is 0 Å². The zero-order valence-corrected chi connectivity index (χ0v) is 13.9. The van der Waals surface area contributed by atoms with Crippen molar-refractivity contribution in [1.82, 2.24) is 0 Å². The number of nitrogens with zero attached hydrogens (tertiary/aromatic N) is 1. The van der Waals surface area contributed by atoms with Crippen LogP contribution < -0.4 is 9.62 Å². The van der Waals surface area contributed by atoms with E-state index in [1.807, 2.05) is 30.3 Å². The first-order valence-electron chi connectivity index (χ1n) is 7.70. The van der Waals surface area contributed by atoms with Crippen molar-refractivity contribution in [2.24, 2.45) is 0 Å². The number of nitrogens with one attached hydrogen (secondary N) is 1. The summed E-state index contributed by atoms with van der Waals surface area (Å²) in [5.74, 6) is 0.0153. The van der Waals surface area contributed by atoms with Crippen molar-refractivity contribution in [3.05, 3.63) is 65.6 Å². The molecule has 1 amide bonds. The lowest BCUT2D eigenvalue weighted by atomic mass is 10.2. The van der Waals surface area contributed by atoms with Crippen molar-refractivity contribution in [1.29, 1.82) is 0 Å². The first kappa shape index (κ1) is 16.3. The van der Waals surface area contributed by atoms with Crippen molar-refractivity contribution < 1.29 is 13.2 Å². The summed E-state index contributed by atoms with van der Waals surface area (Å²) in [5.41, 5.74) is 1.80. The average molecular weight is 342 g/mol. The van der Waals surface area contributed by atoms with E-state index in [1.54, 1.807) is 29.2 Å². The van der Waals surface area contributed by atoms with Gasteiger partial charge in [-0.05, 0) is 30.2 Å². The smallest absolute Gasteiger partial charge is 0.255 e. The van der Waals surface area contributed by atoms with Gasteiger partial charge in [0, 0.05) is 13.0 Å². The third kappa shape index (κ3) is 3.83. The standard InChI is InChI=1S/C18H18N2O3S/c21-18-11-6-13-20(18)17-10-5-4-9-16(17)19-24(22,23)14-12-15-7-2-1-3-8-15/h1-5,7-10,12,14,19H,6,11,13H2/b14-12+. The molecule has 0 aromatic heterocycles. The maximum absolute atomic E-state index is 12.3. The quantitative estimate of drug-likeness (QED) is 0.907. The summed E-state index contributed by atoms with van der Waals surface area (Å²) in [4.78, 5) is 13.6. The molecule has 24 heavy (non-hydrogen) atoms. The minimum Gasteiger partial charge on any atom is -0.310 e. The Morgan fingerprint density at radius 2 is 1.71 bits per heavy atom. The van der Waals surface area contributed by atoms with Gasteiger partial charge in [-0.3, -0.25) is 9.52 Å². The lowest BCUT2D eigenvalue weighted by Crippen LogP contribution is -2.25. The molecule has 0 aliphatic carbocycles. The van der Waals surface area contributed by atoms with E-state index in [-0.39, 0.29) is 5.91 Å². The van der Waals surface area contributed by atoms with Crippen LogP contribution in [0.4, 0.5) is 11.4 Å². The predicted octanol–water partition coefficient (Wildman–Crippen LogP) is 3.23. The molecule has 0 unspecified atom stereocenters. The number of hydrogen-bond acceptors (Lipinski definition) is 3. The highest BCUT2D eigenvalue weighted by Gasteiger charge is 2.24. The third-order valence-electron chi connectivity index (χ3n) is 3.76. The second-order valence-corrected chi connectivity index (χ2v) is 7.09. The number of amides is 1. The van der Waals surface area contributed by atoms with Gasteiger partial charge in [0.1, 0.15) is 0 Å². The Balaban J connectivity index is 1.83. The molecular formula is C18H18N2O3S. The number of sulfonamides is 1. The molecule has 0 saturated carbocycles. The number of rotatable bonds is 5. The Labute approximate surface area is 141 Å². The molecule has 1 aliphatic rings. The number of benzene rings is 2. The van der Waals surface area contributed by atoms with Gasteiger partial charge in [-0.25, -0.2) is 8.42 Å². The van der Waals surface area contributed by atoms with Gasteiger partial charge in [-0.2, -0.15) is 0 Å². The fourth-order valence-corrected chi connectivity index (χ4v) is 3.50. The van der Waals surface area contributed by atoms with Crippen molar-refractivity contribution in [2.75, 3.05) is 16.2 Å². The van der Waals surface area contributed by atoms with Crippen molar-refractivity contribution in [3.8, 4) is 0 Å². The van der Waals surface area contributed by atoms with Crippen LogP contribution in [0.5, 0.6) is 0 Å². The summed E-state index contributed by atoms with van der Waals surface area (Å²) in [7, 11) is -3.67. The zero-order valence-electron chi connectivity index (χ0n) is 13.1. The van der Waals surface area contributed by atoms with E-state index in [4.69, 9.17) is 0 Å². The molecule has 2 aromatic carbocycles. The minimum absolute atomic E-state index is 0.0153. The Hall–Kier alpha value is -2.60. The van der Waals surface area contributed by atoms with E-state index in [0.29, 0.717) is 24.3 Å². The fourth-order valence-electron chi connectivity index (χ4n) is 2.62. The van der Waals surface area contributed by atoms with E-state index in [2.05, 4.69) is 4.72 Å². The Morgan fingerprint density at radius 1 is 1.00 bits per heavy atom. The van der Waals surface area contributed by atoms with Gasteiger partial charge < -0.3 is 4.90 Å². The van der Waals surface area contributed by atoms with Crippen LogP contribution in [0.1, 0.15) is 18.4 Å². The molecule has 1 saturated heterocycles. The summed E-state index contributed by atoms with van der Waals surface area (Å²) < 4.78 is 27.2. The molecule has 5 nitrogen and oxygen atoms in total. The minimum atomic E-state index is -3.67. The molecule has 1 fully saturated rings. The highest BCUT2D eigenvalue weighted by molar-refractivity contribution is 7.95. The number of carbonyl (C=O) groups is 1. The molecule has 0 atom stereocenters. The Bertz CT molecular complexity index is 861. The maximum Gasteiger partial charge on any atom is 0.255 e. The van der Waals surface area contributed by atoms with Crippen LogP contribution in [0.2, 0.25) is 0 Å². The van der Waals surface area contributed by atoms with Crippen LogP contribution in [0.15, 0.2) is 60.0 Å². The van der Waals surface area contributed by atoms with Gasteiger partial charge in [0.15, 0.2) is 0 Å². The summed E-state index contributed by atoms with van der Waals surface area (Å²) in [6.07, 6.45) is 2.81. The average Bonchev–Trinajstić information content (AvgIpc) is 3.00. The second kappa shape index (κ2) is 6.88. The lowest BCUT2D eigenvalue weighted by Gasteiger charge is -2.19. The summed E-state index contributed by atoms with van der Waals surface area (Å²) in [6, 6.07) is 16.1. The predicted molar refractivity (Wildman–Crippen MR) is 96.0 cm³/mol. The molecule has 0 radical (unpaired) electrons. The maximum atomic E-state index is 12.3. The van der Waals surface area contributed by atoms with Crippen LogP contribution in [-0.4, -0.2) is 20.9 Å². The Kier molecular flexibility index (Phi) is 4.66. The van der Waals surface area contributed by atoms with E-state index in [9.17, 15) is 13.2 Å². The summed E-state index contributed by atoms with van der Waals surface area (Å²) in [6.45, 7) is 0.609. The molecule has 124 valence electrons. The third-order valence-corrected chi connectivity index (χ3v) is 4.76. The van der Waals surface area contributed by atoms with E-state index < -0.39 is 10.0 Å². The summed E-state index contributed by atoms with van der Waals surface area (Å²) >= 11 is 0. The van der Waals surface area contributed by atoms with Crippen LogP contribution in [0.25, 0.3) is 6.08 Å². The first-order chi connectivity index (χ1) is 11.6. The molecular weight excluding hydrogens is 324 g/mol. The number of hydrogen-bond donors (Lipinski definition) is 1. The molecule has 1 aliphatic heterocycles. The topological polar surface area (TPSA) is 66.5 Å². The largest absolute Gasteiger partial charge is 0.310 e. The van der Waals surface area contributed by atoms with E-state index in [0.717, 1.165) is 17.4 Å².